The van der Waals surface area contributed by atoms with Crippen LogP contribution in [-0.4, -0.2) is 19.6 Å². The van der Waals surface area contributed by atoms with Crippen molar-refractivity contribution in [2.45, 2.75) is 19.8 Å². The van der Waals surface area contributed by atoms with Gasteiger partial charge in [0.15, 0.2) is 5.76 Å². The van der Waals surface area contributed by atoms with E-state index < -0.39 is 0 Å². The quantitative estimate of drug-likeness (QED) is 0.762. The first-order valence-electron chi connectivity index (χ1n) is 8.00. The van der Waals surface area contributed by atoms with Crippen LogP contribution in [0.4, 0.5) is 0 Å². The SMILES string of the molecule is COc1ccc2oc(C(=O)NC[C@H](C)c3ccccc3)c(C)c2c1. The molecular weight excluding hydrogens is 302 g/mol. The Kier molecular flexibility index (Phi) is 4.56. The molecule has 3 rings (SSSR count). The molecule has 0 aliphatic carbocycles. The van der Waals surface area contributed by atoms with Gasteiger partial charge in [0.2, 0.25) is 0 Å². The number of carbonyl (C=O) groups is 1. The van der Waals surface area contributed by atoms with Gasteiger partial charge in [-0.25, -0.2) is 0 Å². The van der Waals surface area contributed by atoms with Crippen LogP contribution >= 0.6 is 0 Å². The van der Waals surface area contributed by atoms with Crippen LogP contribution < -0.4 is 10.1 Å². The number of furan rings is 1. The number of carbonyl (C=O) groups excluding carboxylic acids is 1. The highest BCUT2D eigenvalue weighted by atomic mass is 16.5. The maximum atomic E-state index is 12.5. The molecule has 4 heteroatoms. The third-order valence-corrected chi connectivity index (χ3v) is 4.29. The van der Waals surface area contributed by atoms with Crippen molar-refractivity contribution in [3.8, 4) is 5.75 Å². The summed E-state index contributed by atoms with van der Waals surface area (Å²) in [4.78, 5) is 12.5. The molecule has 0 unspecified atom stereocenters. The summed E-state index contributed by atoms with van der Waals surface area (Å²) >= 11 is 0. The fourth-order valence-corrected chi connectivity index (χ4v) is 2.77. The van der Waals surface area contributed by atoms with E-state index in [4.69, 9.17) is 9.15 Å². The van der Waals surface area contributed by atoms with Crippen LogP contribution in [-0.2, 0) is 0 Å². The minimum absolute atomic E-state index is 0.189. The Morgan fingerprint density at radius 1 is 1.21 bits per heavy atom. The molecule has 0 saturated heterocycles. The van der Waals surface area contributed by atoms with Crippen molar-refractivity contribution in [3.05, 3.63) is 65.4 Å². The summed E-state index contributed by atoms with van der Waals surface area (Å²) in [5, 5.41) is 3.86. The van der Waals surface area contributed by atoms with Gasteiger partial charge < -0.3 is 14.5 Å². The van der Waals surface area contributed by atoms with Gasteiger partial charge in [0.25, 0.3) is 5.91 Å². The molecule has 0 radical (unpaired) electrons. The Morgan fingerprint density at radius 2 is 1.96 bits per heavy atom. The lowest BCUT2D eigenvalue weighted by Crippen LogP contribution is -2.27. The normalized spacial score (nSPS) is 12.1. The number of hydrogen-bond acceptors (Lipinski definition) is 3. The van der Waals surface area contributed by atoms with E-state index in [2.05, 4.69) is 24.4 Å². The van der Waals surface area contributed by atoms with Crippen molar-refractivity contribution < 1.29 is 13.9 Å². The minimum Gasteiger partial charge on any atom is -0.497 e. The average Bonchev–Trinajstić information content (AvgIpc) is 2.96. The minimum atomic E-state index is -0.189. The standard InChI is InChI=1S/C20H21NO3/c1-13(15-7-5-4-6-8-15)12-21-20(22)19-14(2)17-11-16(23-3)9-10-18(17)24-19/h4-11,13H,12H2,1-3H3,(H,21,22)/t13-/m0/s1. The van der Waals surface area contributed by atoms with Gasteiger partial charge in [0, 0.05) is 17.5 Å². The molecule has 2 aromatic carbocycles. The van der Waals surface area contributed by atoms with Crippen LogP contribution in [0.2, 0.25) is 0 Å². The molecule has 24 heavy (non-hydrogen) atoms. The zero-order valence-electron chi connectivity index (χ0n) is 14.1. The van der Waals surface area contributed by atoms with E-state index >= 15 is 0 Å². The first-order valence-corrected chi connectivity index (χ1v) is 8.00. The molecule has 0 spiro atoms. The number of benzene rings is 2. The largest absolute Gasteiger partial charge is 0.497 e. The van der Waals surface area contributed by atoms with E-state index in [-0.39, 0.29) is 11.8 Å². The Balaban J connectivity index is 1.75. The topological polar surface area (TPSA) is 51.5 Å². The summed E-state index contributed by atoms with van der Waals surface area (Å²) in [5.41, 5.74) is 2.71. The highest BCUT2D eigenvalue weighted by Gasteiger charge is 2.18. The predicted octanol–water partition coefficient (Wildman–Crippen LogP) is 4.28. The Morgan fingerprint density at radius 3 is 2.67 bits per heavy atom. The van der Waals surface area contributed by atoms with Crippen molar-refractivity contribution in [2.75, 3.05) is 13.7 Å². The van der Waals surface area contributed by atoms with E-state index in [1.165, 1.54) is 5.56 Å². The fourth-order valence-electron chi connectivity index (χ4n) is 2.77. The van der Waals surface area contributed by atoms with Crippen molar-refractivity contribution in [3.63, 3.8) is 0 Å². The van der Waals surface area contributed by atoms with E-state index in [1.807, 2.05) is 43.3 Å². The van der Waals surface area contributed by atoms with Crippen molar-refractivity contribution in [1.29, 1.82) is 0 Å². The highest BCUT2D eigenvalue weighted by molar-refractivity contribution is 5.99. The lowest BCUT2D eigenvalue weighted by molar-refractivity contribution is 0.0925. The van der Waals surface area contributed by atoms with Gasteiger partial charge >= 0.3 is 0 Å². The van der Waals surface area contributed by atoms with E-state index in [0.717, 1.165) is 16.7 Å². The lowest BCUT2D eigenvalue weighted by Gasteiger charge is -2.12. The second-order valence-corrected chi connectivity index (χ2v) is 5.94. The summed E-state index contributed by atoms with van der Waals surface area (Å²) in [6, 6.07) is 15.7. The zero-order chi connectivity index (χ0) is 17.1. The molecule has 0 aliphatic rings. The van der Waals surface area contributed by atoms with E-state index in [0.29, 0.717) is 17.9 Å². The fraction of sp³-hybridized carbons (Fsp3) is 0.250. The molecule has 0 aliphatic heterocycles. The van der Waals surface area contributed by atoms with Crippen molar-refractivity contribution >= 4 is 16.9 Å². The van der Waals surface area contributed by atoms with Gasteiger partial charge in [-0.2, -0.15) is 0 Å². The molecule has 124 valence electrons. The van der Waals surface area contributed by atoms with Crippen molar-refractivity contribution in [1.82, 2.24) is 5.32 Å². The van der Waals surface area contributed by atoms with Gasteiger partial charge in [-0.15, -0.1) is 0 Å². The van der Waals surface area contributed by atoms with Crippen LogP contribution in [0.3, 0.4) is 0 Å². The second kappa shape index (κ2) is 6.79. The highest BCUT2D eigenvalue weighted by Crippen LogP contribution is 2.28. The predicted molar refractivity (Wildman–Crippen MR) is 94.7 cm³/mol. The maximum absolute atomic E-state index is 12.5. The van der Waals surface area contributed by atoms with Crippen LogP contribution in [0.1, 0.15) is 34.5 Å². The number of fused-ring (bicyclic) bond motifs is 1. The van der Waals surface area contributed by atoms with Gasteiger partial charge in [0.05, 0.1) is 7.11 Å². The number of ether oxygens (including phenoxy) is 1. The van der Waals surface area contributed by atoms with Gasteiger partial charge in [-0.05, 0) is 36.6 Å². The molecule has 0 bridgehead atoms. The second-order valence-electron chi connectivity index (χ2n) is 5.94. The zero-order valence-corrected chi connectivity index (χ0v) is 14.1. The number of aryl methyl sites for hydroxylation is 1. The maximum Gasteiger partial charge on any atom is 0.287 e. The molecule has 1 heterocycles. The molecule has 3 aromatic rings. The van der Waals surface area contributed by atoms with Crippen LogP contribution in [0.5, 0.6) is 5.75 Å². The third kappa shape index (κ3) is 3.13. The number of methoxy groups -OCH3 is 1. The van der Waals surface area contributed by atoms with Crippen LogP contribution in [0.25, 0.3) is 11.0 Å². The molecule has 4 nitrogen and oxygen atoms in total. The summed E-state index contributed by atoms with van der Waals surface area (Å²) in [6.45, 7) is 4.54. The molecule has 1 N–H and O–H groups in total. The van der Waals surface area contributed by atoms with Crippen LogP contribution in [0, 0.1) is 6.92 Å². The number of rotatable bonds is 5. The summed E-state index contributed by atoms with van der Waals surface area (Å²) < 4.78 is 11.0. The summed E-state index contributed by atoms with van der Waals surface area (Å²) in [7, 11) is 1.62. The van der Waals surface area contributed by atoms with E-state index in [9.17, 15) is 4.79 Å². The molecule has 1 atom stereocenters. The molecule has 0 fully saturated rings. The van der Waals surface area contributed by atoms with Gasteiger partial charge in [-0.3, -0.25) is 4.79 Å². The third-order valence-electron chi connectivity index (χ3n) is 4.29. The average molecular weight is 323 g/mol. The number of hydrogen-bond donors (Lipinski definition) is 1. The van der Waals surface area contributed by atoms with Gasteiger partial charge in [-0.1, -0.05) is 37.3 Å². The van der Waals surface area contributed by atoms with Crippen molar-refractivity contribution in [2.24, 2.45) is 0 Å². The summed E-state index contributed by atoms with van der Waals surface area (Å²) in [6.07, 6.45) is 0. The Hall–Kier alpha value is -2.75. The number of amides is 1. The molecule has 1 amide bonds. The Labute approximate surface area is 141 Å². The Bertz CT molecular complexity index is 852. The first kappa shape index (κ1) is 16.1. The molecule has 0 saturated carbocycles. The monoisotopic (exact) mass is 323 g/mol. The molecular formula is C20H21NO3. The smallest absolute Gasteiger partial charge is 0.287 e. The molecule has 1 aromatic heterocycles. The summed E-state index contributed by atoms with van der Waals surface area (Å²) in [5.74, 6) is 1.15. The first-order chi connectivity index (χ1) is 11.6. The van der Waals surface area contributed by atoms with E-state index in [1.54, 1.807) is 7.11 Å². The number of nitrogens with one attached hydrogen (secondary N) is 1. The lowest BCUT2D eigenvalue weighted by atomic mass is 10.0. The van der Waals surface area contributed by atoms with Crippen LogP contribution in [0.15, 0.2) is 52.9 Å². The van der Waals surface area contributed by atoms with Gasteiger partial charge in [0.1, 0.15) is 11.3 Å².